The molecule has 0 amide bonds. The molecular formula is C26H31ClN6O3. The monoisotopic (exact) mass is 510 g/mol. The average Bonchev–Trinajstić information content (AvgIpc) is 3.63. The Labute approximate surface area is 215 Å². The molecule has 1 atom stereocenters. The second-order valence-corrected chi connectivity index (χ2v) is 9.32. The summed E-state index contributed by atoms with van der Waals surface area (Å²) in [6, 6.07) is 5.66. The number of benzene rings is 1. The summed E-state index contributed by atoms with van der Waals surface area (Å²) in [7, 11) is 1.77. The van der Waals surface area contributed by atoms with Crippen LogP contribution in [0.25, 0.3) is 28.2 Å². The van der Waals surface area contributed by atoms with Gasteiger partial charge in [-0.15, -0.1) is 0 Å². The Morgan fingerprint density at radius 3 is 2.72 bits per heavy atom. The van der Waals surface area contributed by atoms with Gasteiger partial charge in [0.2, 0.25) is 0 Å². The van der Waals surface area contributed by atoms with Crippen LogP contribution in [0.4, 0.5) is 0 Å². The van der Waals surface area contributed by atoms with Gasteiger partial charge in [0, 0.05) is 41.7 Å². The first-order chi connectivity index (χ1) is 17.3. The SMILES string of the molecule is CNC[C@@H](O)COc1ccc(Cl)c(-c2nc(/C(C=N)=C/NC3CC3)c(C)c(-c3c(C)noc3C)n2)c1. The molecule has 4 rings (SSSR count). The van der Waals surface area contributed by atoms with Crippen molar-refractivity contribution in [2.75, 3.05) is 20.2 Å². The molecule has 0 saturated heterocycles. The first kappa shape index (κ1) is 25.8. The van der Waals surface area contributed by atoms with Gasteiger partial charge in [0.15, 0.2) is 5.82 Å². The first-order valence-electron chi connectivity index (χ1n) is 11.9. The highest BCUT2D eigenvalue weighted by Gasteiger charge is 2.23. The number of nitrogens with zero attached hydrogens (tertiary/aromatic N) is 3. The van der Waals surface area contributed by atoms with Crippen LogP contribution in [0, 0.1) is 26.2 Å². The van der Waals surface area contributed by atoms with E-state index in [2.05, 4.69) is 15.8 Å². The number of hydrogen-bond donors (Lipinski definition) is 4. The molecule has 4 N–H and O–H groups in total. The second-order valence-electron chi connectivity index (χ2n) is 8.92. The Balaban J connectivity index is 1.83. The average molecular weight is 511 g/mol. The smallest absolute Gasteiger partial charge is 0.162 e. The van der Waals surface area contributed by atoms with Crippen molar-refractivity contribution in [1.82, 2.24) is 25.8 Å². The summed E-state index contributed by atoms with van der Waals surface area (Å²) < 4.78 is 11.2. The lowest BCUT2D eigenvalue weighted by Crippen LogP contribution is -2.29. The number of ether oxygens (including phenoxy) is 1. The predicted octanol–water partition coefficient (Wildman–Crippen LogP) is 4.08. The number of aliphatic hydroxyl groups is 1. The Hall–Kier alpha value is -3.27. The molecule has 2 heterocycles. The van der Waals surface area contributed by atoms with E-state index in [1.165, 1.54) is 6.21 Å². The van der Waals surface area contributed by atoms with E-state index >= 15 is 0 Å². The number of rotatable bonds is 11. The van der Waals surface area contributed by atoms with E-state index in [1.54, 1.807) is 25.2 Å². The zero-order valence-electron chi connectivity index (χ0n) is 20.9. The number of aromatic nitrogens is 3. The van der Waals surface area contributed by atoms with Gasteiger partial charge in [0.1, 0.15) is 24.2 Å². The number of nitrogens with one attached hydrogen (secondary N) is 3. The molecule has 0 bridgehead atoms. The van der Waals surface area contributed by atoms with E-state index in [0.29, 0.717) is 63.2 Å². The molecule has 0 radical (unpaired) electrons. The highest BCUT2D eigenvalue weighted by molar-refractivity contribution is 6.33. The lowest BCUT2D eigenvalue weighted by atomic mass is 10.00. The predicted molar refractivity (Wildman–Crippen MR) is 141 cm³/mol. The fourth-order valence-electron chi connectivity index (χ4n) is 3.87. The minimum Gasteiger partial charge on any atom is -0.491 e. The molecule has 0 unspecified atom stereocenters. The van der Waals surface area contributed by atoms with Crippen LogP contribution in [-0.2, 0) is 0 Å². The highest BCUT2D eigenvalue weighted by Crippen LogP contribution is 2.36. The zero-order valence-corrected chi connectivity index (χ0v) is 21.6. The van der Waals surface area contributed by atoms with Crippen molar-refractivity contribution in [2.45, 2.75) is 45.8 Å². The molecule has 10 heteroatoms. The van der Waals surface area contributed by atoms with Gasteiger partial charge in [0.25, 0.3) is 0 Å². The Morgan fingerprint density at radius 2 is 2.08 bits per heavy atom. The van der Waals surface area contributed by atoms with E-state index in [-0.39, 0.29) is 6.61 Å². The van der Waals surface area contributed by atoms with Gasteiger partial charge in [0.05, 0.1) is 27.7 Å². The number of aliphatic hydroxyl groups excluding tert-OH is 1. The summed E-state index contributed by atoms with van der Waals surface area (Å²) in [5, 5.41) is 28.9. The van der Waals surface area contributed by atoms with Crippen molar-refractivity contribution in [3.05, 3.63) is 52.1 Å². The molecule has 36 heavy (non-hydrogen) atoms. The van der Waals surface area contributed by atoms with Gasteiger partial charge in [-0.1, -0.05) is 16.8 Å². The van der Waals surface area contributed by atoms with Crippen LogP contribution in [0.3, 0.4) is 0 Å². The van der Waals surface area contributed by atoms with Crippen LogP contribution in [0.1, 0.15) is 35.6 Å². The van der Waals surface area contributed by atoms with Gasteiger partial charge >= 0.3 is 0 Å². The van der Waals surface area contributed by atoms with Crippen molar-refractivity contribution in [1.29, 1.82) is 5.41 Å². The Bertz CT molecular complexity index is 1270. The number of halogens is 1. The van der Waals surface area contributed by atoms with Crippen LogP contribution < -0.4 is 15.4 Å². The fourth-order valence-corrected chi connectivity index (χ4v) is 4.07. The maximum Gasteiger partial charge on any atom is 0.162 e. The molecule has 2 aromatic heterocycles. The molecule has 1 aliphatic carbocycles. The van der Waals surface area contributed by atoms with Crippen molar-refractivity contribution in [2.24, 2.45) is 0 Å². The molecule has 9 nitrogen and oxygen atoms in total. The largest absolute Gasteiger partial charge is 0.491 e. The first-order valence-corrected chi connectivity index (χ1v) is 12.2. The quantitative estimate of drug-likeness (QED) is 0.284. The lowest BCUT2D eigenvalue weighted by molar-refractivity contribution is 0.108. The van der Waals surface area contributed by atoms with Crippen molar-refractivity contribution in [3.8, 4) is 28.4 Å². The van der Waals surface area contributed by atoms with Crippen LogP contribution in [0.5, 0.6) is 5.75 Å². The summed E-state index contributed by atoms with van der Waals surface area (Å²) in [6.07, 6.45) is 4.71. The summed E-state index contributed by atoms with van der Waals surface area (Å²) in [5.41, 5.74) is 4.79. The van der Waals surface area contributed by atoms with E-state index in [0.717, 1.165) is 24.0 Å². The highest BCUT2D eigenvalue weighted by atomic mass is 35.5. The van der Waals surface area contributed by atoms with E-state index < -0.39 is 6.10 Å². The third-order valence-electron chi connectivity index (χ3n) is 5.96. The Morgan fingerprint density at radius 1 is 1.31 bits per heavy atom. The maximum absolute atomic E-state index is 10.0. The number of allylic oxidation sites excluding steroid dienone is 1. The van der Waals surface area contributed by atoms with Crippen LogP contribution >= 0.6 is 11.6 Å². The van der Waals surface area contributed by atoms with Crippen LogP contribution in [0.15, 0.2) is 28.9 Å². The van der Waals surface area contributed by atoms with Gasteiger partial charge in [-0.25, -0.2) is 9.97 Å². The zero-order chi connectivity index (χ0) is 25.8. The molecular weight excluding hydrogens is 480 g/mol. The summed E-state index contributed by atoms with van der Waals surface area (Å²) in [5.74, 6) is 1.56. The molecule has 190 valence electrons. The normalized spacial score (nSPS) is 14.6. The maximum atomic E-state index is 10.0. The van der Waals surface area contributed by atoms with Crippen molar-refractivity contribution >= 4 is 23.4 Å². The van der Waals surface area contributed by atoms with Crippen LogP contribution in [-0.4, -0.2) is 58.8 Å². The van der Waals surface area contributed by atoms with E-state index in [9.17, 15) is 5.11 Å². The molecule has 1 aliphatic rings. The summed E-state index contributed by atoms with van der Waals surface area (Å²) >= 11 is 6.60. The van der Waals surface area contributed by atoms with Gasteiger partial charge < -0.3 is 30.4 Å². The lowest BCUT2D eigenvalue weighted by Gasteiger charge is -2.16. The number of likely N-dealkylation sites (N-methyl/N-ethyl adjacent to an activating group) is 1. The van der Waals surface area contributed by atoms with Crippen molar-refractivity contribution < 1.29 is 14.4 Å². The molecule has 1 saturated carbocycles. The summed E-state index contributed by atoms with van der Waals surface area (Å²) in [6.45, 7) is 6.18. The van der Waals surface area contributed by atoms with Gasteiger partial charge in [-0.05, 0) is 58.9 Å². The fraction of sp³-hybridized carbons (Fsp3) is 0.385. The standard InChI is InChI=1S/C26H31ClN6O3/c1-14-24(17(10-28)11-30-18-5-6-18)31-26(32-25(14)23-15(2)33-36-16(23)3)21-9-20(7-8-22(21)27)35-13-19(34)12-29-4/h7-11,18-19,28-30,34H,5-6,12-13H2,1-4H3/b17-11+,28-10?/t19-/m1/s1. The molecule has 0 aliphatic heterocycles. The van der Waals surface area contributed by atoms with Gasteiger partial charge in [-0.2, -0.15) is 0 Å². The van der Waals surface area contributed by atoms with E-state index in [4.69, 9.17) is 36.2 Å². The minimum atomic E-state index is -0.651. The number of aryl methyl sites for hydroxylation is 2. The molecule has 1 aromatic carbocycles. The molecule has 0 spiro atoms. The minimum absolute atomic E-state index is 0.125. The third-order valence-corrected chi connectivity index (χ3v) is 6.29. The second kappa shape index (κ2) is 11.2. The number of hydrogen-bond acceptors (Lipinski definition) is 9. The Kier molecular flexibility index (Phi) is 8.03. The van der Waals surface area contributed by atoms with E-state index in [1.807, 2.05) is 27.0 Å². The molecule has 1 fully saturated rings. The summed E-state index contributed by atoms with van der Waals surface area (Å²) in [4.78, 5) is 9.73. The molecule has 3 aromatic rings. The van der Waals surface area contributed by atoms with Crippen molar-refractivity contribution in [3.63, 3.8) is 0 Å². The van der Waals surface area contributed by atoms with Gasteiger partial charge in [-0.3, -0.25) is 0 Å². The third kappa shape index (κ3) is 5.75. The van der Waals surface area contributed by atoms with Crippen LogP contribution in [0.2, 0.25) is 5.02 Å². The topological polar surface area (TPSA) is 129 Å².